The summed E-state index contributed by atoms with van der Waals surface area (Å²) in [6, 6.07) is 0. The lowest BCUT2D eigenvalue weighted by molar-refractivity contribution is 0.109. The Balaban J connectivity index is 3.72. The maximum atomic E-state index is 5.72. The van der Waals surface area contributed by atoms with Crippen molar-refractivity contribution in [3.05, 3.63) is 0 Å². The monoisotopic (exact) mass is 368 g/mol. The van der Waals surface area contributed by atoms with E-state index in [9.17, 15) is 0 Å². The smallest absolute Gasteiger partial charge is 0.385 e. The van der Waals surface area contributed by atoms with Crippen molar-refractivity contribution in [3.8, 4) is 0 Å². The van der Waals surface area contributed by atoms with Crippen LogP contribution in [0.3, 0.4) is 0 Å². The molecular weight excluding hydrogens is 335 g/mol. The molecule has 0 saturated carbocycles. The van der Waals surface area contributed by atoms with E-state index >= 15 is 0 Å². The van der Waals surface area contributed by atoms with Crippen LogP contribution in [-0.4, -0.2) is 61.7 Å². The van der Waals surface area contributed by atoms with Gasteiger partial charge in [0.05, 0.1) is 0 Å². The van der Waals surface area contributed by atoms with Crippen LogP contribution < -0.4 is 0 Å². The largest absolute Gasteiger partial charge is 0.639 e. The molecule has 0 fully saturated rings. The number of rotatable bonds is 18. The summed E-state index contributed by atoms with van der Waals surface area (Å²) in [6.45, 7) is 8.68. The van der Waals surface area contributed by atoms with Gasteiger partial charge in [-0.15, -0.1) is 0 Å². The SMILES string of the molecule is CCCSCCOB(OCCSCCC)OCCSCCC. The van der Waals surface area contributed by atoms with Crippen LogP contribution >= 0.6 is 35.3 Å². The van der Waals surface area contributed by atoms with E-state index in [1.807, 2.05) is 35.3 Å². The number of hydrogen-bond donors (Lipinski definition) is 0. The molecule has 0 saturated heterocycles. The highest BCUT2D eigenvalue weighted by Gasteiger charge is 2.20. The fraction of sp³-hybridized carbons (Fsp3) is 1.00. The Labute approximate surface area is 150 Å². The summed E-state index contributed by atoms with van der Waals surface area (Å²) in [6.07, 6.45) is 3.64. The minimum Gasteiger partial charge on any atom is -0.385 e. The number of thioether (sulfide) groups is 3. The van der Waals surface area contributed by atoms with E-state index in [0.717, 1.165) is 17.3 Å². The highest BCUT2D eigenvalue weighted by Crippen LogP contribution is 2.06. The van der Waals surface area contributed by atoms with Crippen molar-refractivity contribution in [3.63, 3.8) is 0 Å². The Morgan fingerprint density at radius 1 is 0.545 bits per heavy atom. The Morgan fingerprint density at radius 3 is 1.14 bits per heavy atom. The van der Waals surface area contributed by atoms with Crippen LogP contribution in [0.15, 0.2) is 0 Å². The van der Waals surface area contributed by atoms with Crippen molar-refractivity contribution in [2.75, 3.05) is 54.3 Å². The van der Waals surface area contributed by atoms with Gasteiger partial charge < -0.3 is 14.0 Å². The fourth-order valence-corrected chi connectivity index (χ4v) is 3.61. The molecule has 0 radical (unpaired) electrons. The average Bonchev–Trinajstić information content (AvgIpc) is 2.53. The highest BCUT2D eigenvalue weighted by molar-refractivity contribution is 7.99. The van der Waals surface area contributed by atoms with Crippen LogP contribution in [0.1, 0.15) is 40.0 Å². The maximum absolute atomic E-state index is 5.72. The summed E-state index contributed by atoms with van der Waals surface area (Å²) in [5.74, 6) is 6.59. The summed E-state index contributed by atoms with van der Waals surface area (Å²) in [4.78, 5) is 0. The van der Waals surface area contributed by atoms with Gasteiger partial charge in [-0.05, 0) is 36.5 Å². The van der Waals surface area contributed by atoms with Crippen molar-refractivity contribution in [1.29, 1.82) is 0 Å². The molecule has 132 valence electrons. The molecule has 0 unspecified atom stereocenters. The first-order valence-electron chi connectivity index (χ1n) is 8.43. The van der Waals surface area contributed by atoms with Gasteiger partial charge in [-0.1, -0.05) is 20.8 Å². The maximum Gasteiger partial charge on any atom is 0.639 e. The topological polar surface area (TPSA) is 27.7 Å². The van der Waals surface area contributed by atoms with Gasteiger partial charge in [0.15, 0.2) is 0 Å². The van der Waals surface area contributed by atoms with Gasteiger partial charge in [-0.3, -0.25) is 0 Å². The van der Waals surface area contributed by atoms with Crippen LogP contribution in [0, 0.1) is 0 Å². The summed E-state index contributed by atoms with van der Waals surface area (Å²) < 4.78 is 17.2. The molecule has 0 aliphatic carbocycles. The van der Waals surface area contributed by atoms with Crippen molar-refractivity contribution in [1.82, 2.24) is 0 Å². The van der Waals surface area contributed by atoms with Crippen molar-refractivity contribution >= 4 is 42.6 Å². The Bertz CT molecular complexity index is 181. The van der Waals surface area contributed by atoms with Crippen LogP contribution in [0.5, 0.6) is 0 Å². The molecule has 0 aliphatic rings. The van der Waals surface area contributed by atoms with Gasteiger partial charge in [0.2, 0.25) is 0 Å². The fourth-order valence-electron chi connectivity index (χ4n) is 1.49. The van der Waals surface area contributed by atoms with Gasteiger partial charge in [0.25, 0.3) is 0 Å². The molecule has 0 aliphatic heterocycles. The van der Waals surface area contributed by atoms with Crippen LogP contribution in [0.4, 0.5) is 0 Å². The zero-order valence-corrected chi connectivity index (χ0v) is 17.0. The third-order valence-electron chi connectivity index (χ3n) is 2.49. The third kappa shape index (κ3) is 17.4. The highest BCUT2D eigenvalue weighted by atomic mass is 32.2. The predicted octanol–water partition coefficient (Wildman–Crippen LogP) is 4.45. The second kappa shape index (κ2) is 20.0. The van der Waals surface area contributed by atoms with E-state index in [1.54, 1.807) is 0 Å². The molecule has 0 aromatic rings. The molecule has 3 nitrogen and oxygen atoms in total. The first-order valence-corrected chi connectivity index (χ1v) is 11.9. The molecule has 0 rings (SSSR count). The normalized spacial score (nSPS) is 11.0. The number of hydrogen-bond acceptors (Lipinski definition) is 6. The van der Waals surface area contributed by atoms with E-state index in [0.29, 0.717) is 19.8 Å². The molecule has 0 atom stereocenters. The molecule has 0 bridgehead atoms. The van der Waals surface area contributed by atoms with Gasteiger partial charge in [0, 0.05) is 37.1 Å². The molecule has 22 heavy (non-hydrogen) atoms. The zero-order valence-electron chi connectivity index (χ0n) is 14.5. The van der Waals surface area contributed by atoms with E-state index in [1.165, 1.54) is 36.5 Å². The first-order chi connectivity index (χ1) is 10.8. The standard InChI is InChI=1S/C15H33BO3S3/c1-4-10-20-13-7-17-16(18-8-14-21-11-5-2)19-9-15-22-12-6-3/h4-15H2,1-3H3. The first kappa shape index (κ1) is 23.0. The van der Waals surface area contributed by atoms with Crippen LogP contribution in [-0.2, 0) is 14.0 Å². The van der Waals surface area contributed by atoms with Gasteiger partial charge >= 0.3 is 7.32 Å². The van der Waals surface area contributed by atoms with Crippen molar-refractivity contribution in [2.45, 2.75) is 40.0 Å². The minimum absolute atomic E-state index is 0.494. The average molecular weight is 368 g/mol. The van der Waals surface area contributed by atoms with Crippen molar-refractivity contribution < 1.29 is 14.0 Å². The molecule has 0 N–H and O–H groups in total. The minimum atomic E-state index is -0.494. The molecular formula is C15H33BO3S3. The van der Waals surface area contributed by atoms with E-state index in [-0.39, 0.29) is 0 Å². The Kier molecular flexibility index (Phi) is 20.9. The molecule has 0 spiro atoms. The van der Waals surface area contributed by atoms with E-state index in [4.69, 9.17) is 14.0 Å². The second-order valence-corrected chi connectivity index (χ2v) is 8.41. The molecule has 0 aromatic carbocycles. The Morgan fingerprint density at radius 2 is 0.864 bits per heavy atom. The predicted molar refractivity (Wildman–Crippen MR) is 106 cm³/mol. The zero-order chi connectivity index (χ0) is 16.3. The summed E-state index contributed by atoms with van der Waals surface area (Å²) >= 11 is 5.76. The van der Waals surface area contributed by atoms with E-state index in [2.05, 4.69) is 20.8 Å². The Hall–Kier alpha value is 0.995. The molecule has 0 amide bonds. The molecule has 7 heteroatoms. The summed E-state index contributed by atoms with van der Waals surface area (Å²) in [7, 11) is -0.494. The van der Waals surface area contributed by atoms with E-state index < -0.39 is 7.32 Å². The van der Waals surface area contributed by atoms with Gasteiger partial charge in [0.1, 0.15) is 0 Å². The summed E-state index contributed by atoms with van der Waals surface area (Å²) in [5.41, 5.74) is 0. The molecule has 0 aromatic heterocycles. The lowest BCUT2D eigenvalue weighted by Gasteiger charge is -2.14. The quantitative estimate of drug-likeness (QED) is 0.262. The molecule has 0 heterocycles. The second-order valence-electron chi connectivity index (χ2n) is 4.74. The van der Waals surface area contributed by atoms with Crippen LogP contribution in [0.2, 0.25) is 0 Å². The lowest BCUT2D eigenvalue weighted by atomic mass is 10.2. The summed E-state index contributed by atoms with van der Waals surface area (Å²) in [5, 5.41) is 0. The third-order valence-corrected chi connectivity index (χ3v) is 5.95. The van der Waals surface area contributed by atoms with Crippen LogP contribution in [0.25, 0.3) is 0 Å². The van der Waals surface area contributed by atoms with Crippen molar-refractivity contribution in [2.24, 2.45) is 0 Å². The lowest BCUT2D eigenvalue weighted by Crippen LogP contribution is -2.30. The van der Waals surface area contributed by atoms with Gasteiger partial charge in [-0.25, -0.2) is 0 Å². The van der Waals surface area contributed by atoms with Gasteiger partial charge in [-0.2, -0.15) is 35.3 Å².